The Bertz CT molecular complexity index is 446. The minimum atomic E-state index is -0.0812. The lowest BCUT2D eigenvalue weighted by molar-refractivity contribution is -0.114. The highest BCUT2D eigenvalue weighted by Gasteiger charge is 2.18. The summed E-state index contributed by atoms with van der Waals surface area (Å²) in [4.78, 5) is 17.9. The molecule has 0 radical (unpaired) electrons. The largest absolute Gasteiger partial charge is 0.383 e. The van der Waals surface area contributed by atoms with Crippen LogP contribution in [0.25, 0.3) is 0 Å². The molecule has 1 amide bonds. The van der Waals surface area contributed by atoms with Gasteiger partial charge in [0.15, 0.2) is 5.13 Å². The summed E-state index contributed by atoms with van der Waals surface area (Å²) in [7, 11) is 1.73. The van der Waals surface area contributed by atoms with E-state index in [0.717, 1.165) is 38.5 Å². The van der Waals surface area contributed by atoms with Crippen LogP contribution in [0.15, 0.2) is 5.38 Å². The molecular formula is C14H24N4O2S. The predicted molar refractivity (Wildman–Crippen MR) is 84.6 cm³/mol. The molecule has 2 heterocycles. The number of ether oxygens (including phenoxy) is 1. The summed E-state index contributed by atoms with van der Waals surface area (Å²) >= 11 is 1.47. The number of thiazole rings is 1. The molecule has 1 aromatic heterocycles. The van der Waals surface area contributed by atoms with E-state index in [0.29, 0.717) is 11.2 Å². The molecule has 7 heteroatoms. The van der Waals surface area contributed by atoms with Gasteiger partial charge in [-0.3, -0.25) is 9.69 Å². The summed E-state index contributed by atoms with van der Waals surface area (Å²) in [6, 6.07) is 0.565. The third-order valence-electron chi connectivity index (χ3n) is 3.47. The fourth-order valence-electron chi connectivity index (χ4n) is 2.50. The van der Waals surface area contributed by atoms with Crippen molar-refractivity contribution in [2.24, 2.45) is 0 Å². The van der Waals surface area contributed by atoms with Crippen LogP contribution in [0, 0.1) is 0 Å². The van der Waals surface area contributed by atoms with E-state index in [4.69, 9.17) is 4.74 Å². The van der Waals surface area contributed by atoms with E-state index < -0.39 is 0 Å². The molecule has 6 nitrogen and oxygen atoms in total. The molecule has 1 saturated heterocycles. The number of nitrogens with one attached hydrogen (secondary N) is 2. The molecule has 1 aromatic rings. The van der Waals surface area contributed by atoms with Crippen LogP contribution in [0.1, 0.15) is 25.5 Å². The lowest BCUT2D eigenvalue weighted by atomic mass is 10.2. The fourth-order valence-corrected chi connectivity index (χ4v) is 3.24. The maximum Gasteiger partial charge on any atom is 0.223 e. The molecule has 1 aliphatic rings. The lowest BCUT2D eigenvalue weighted by Gasteiger charge is -2.24. The van der Waals surface area contributed by atoms with Crippen LogP contribution in [-0.2, 0) is 16.1 Å². The van der Waals surface area contributed by atoms with Gasteiger partial charge in [-0.15, -0.1) is 11.3 Å². The second-order valence-electron chi connectivity index (χ2n) is 5.35. The highest BCUT2D eigenvalue weighted by atomic mass is 32.1. The molecule has 1 fully saturated rings. The van der Waals surface area contributed by atoms with Gasteiger partial charge in [0, 0.05) is 45.1 Å². The summed E-state index contributed by atoms with van der Waals surface area (Å²) in [6.45, 7) is 6.02. The summed E-state index contributed by atoms with van der Waals surface area (Å²) < 4.78 is 5.20. The molecule has 0 bridgehead atoms. The first kappa shape index (κ1) is 16.4. The Morgan fingerprint density at radius 3 is 3.19 bits per heavy atom. The van der Waals surface area contributed by atoms with Crippen molar-refractivity contribution in [2.75, 3.05) is 38.7 Å². The van der Waals surface area contributed by atoms with Crippen molar-refractivity contribution < 1.29 is 9.53 Å². The SMILES string of the molecule is COCCN(Cc1csc(NC(C)=O)n1)CC1CCCN1. The van der Waals surface area contributed by atoms with E-state index in [9.17, 15) is 4.79 Å². The number of rotatable bonds is 8. The Kier molecular flexibility index (Phi) is 6.56. The van der Waals surface area contributed by atoms with Gasteiger partial charge in [0.05, 0.1) is 12.3 Å². The summed E-state index contributed by atoms with van der Waals surface area (Å²) in [5.74, 6) is -0.0812. The van der Waals surface area contributed by atoms with Crippen LogP contribution in [0.4, 0.5) is 5.13 Å². The molecule has 21 heavy (non-hydrogen) atoms. The molecule has 1 atom stereocenters. The van der Waals surface area contributed by atoms with Gasteiger partial charge in [-0.25, -0.2) is 4.98 Å². The first-order valence-electron chi connectivity index (χ1n) is 7.34. The first-order chi connectivity index (χ1) is 10.2. The molecule has 0 aliphatic carbocycles. The maximum atomic E-state index is 11.0. The number of hydrogen-bond acceptors (Lipinski definition) is 6. The van der Waals surface area contributed by atoms with Crippen LogP contribution in [0.3, 0.4) is 0 Å². The first-order valence-corrected chi connectivity index (χ1v) is 8.22. The van der Waals surface area contributed by atoms with E-state index in [-0.39, 0.29) is 5.91 Å². The number of methoxy groups -OCH3 is 1. The third-order valence-corrected chi connectivity index (χ3v) is 4.28. The highest BCUT2D eigenvalue weighted by molar-refractivity contribution is 7.13. The van der Waals surface area contributed by atoms with Gasteiger partial charge in [-0.05, 0) is 19.4 Å². The predicted octanol–water partition coefficient (Wildman–Crippen LogP) is 1.30. The van der Waals surface area contributed by atoms with E-state index in [2.05, 4.69) is 20.5 Å². The number of carbonyl (C=O) groups excluding carboxylic acids is 1. The molecule has 118 valence electrons. The Balaban J connectivity index is 1.89. The number of nitrogens with zero attached hydrogens (tertiary/aromatic N) is 2. The molecule has 1 unspecified atom stereocenters. The van der Waals surface area contributed by atoms with Crippen molar-refractivity contribution in [3.05, 3.63) is 11.1 Å². The monoisotopic (exact) mass is 312 g/mol. The van der Waals surface area contributed by atoms with Crippen LogP contribution in [0.2, 0.25) is 0 Å². The zero-order valence-corrected chi connectivity index (χ0v) is 13.5. The summed E-state index contributed by atoms with van der Waals surface area (Å²) in [6.07, 6.45) is 2.49. The molecule has 1 aliphatic heterocycles. The van der Waals surface area contributed by atoms with Gasteiger partial charge >= 0.3 is 0 Å². The zero-order valence-electron chi connectivity index (χ0n) is 12.7. The Hall–Kier alpha value is -1.02. The topological polar surface area (TPSA) is 66.5 Å². The van der Waals surface area contributed by atoms with Crippen LogP contribution in [0.5, 0.6) is 0 Å². The Morgan fingerprint density at radius 1 is 1.67 bits per heavy atom. The number of aromatic nitrogens is 1. The minimum absolute atomic E-state index is 0.0812. The second-order valence-corrected chi connectivity index (χ2v) is 6.20. The third kappa shape index (κ3) is 5.70. The highest BCUT2D eigenvalue weighted by Crippen LogP contribution is 2.17. The van der Waals surface area contributed by atoms with Gasteiger partial charge in [-0.2, -0.15) is 0 Å². The van der Waals surface area contributed by atoms with Gasteiger partial charge in [-0.1, -0.05) is 0 Å². The van der Waals surface area contributed by atoms with Gasteiger partial charge < -0.3 is 15.4 Å². The van der Waals surface area contributed by atoms with Gasteiger partial charge in [0.1, 0.15) is 0 Å². The number of hydrogen-bond donors (Lipinski definition) is 2. The van der Waals surface area contributed by atoms with Crippen molar-refractivity contribution in [1.29, 1.82) is 0 Å². The van der Waals surface area contributed by atoms with Crippen molar-refractivity contribution in [2.45, 2.75) is 32.4 Å². The van der Waals surface area contributed by atoms with E-state index >= 15 is 0 Å². The molecule has 2 N–H and O–H groups in total. The van der Waals surface area contributed by atoms with Crippen LogP contribution >= 0.6 is 11.3 Å². The molecule has 0 saturated carbocycles. The summed E-state index contributed by atoms with van der Waals surface area (Å²) in [5, 5.41) is 8.93. The summed E-state index contributed by atoms with van der Waals surface area (Å²) in [5.41, 5.74) is 0.998. The number of amides is 1. The number of anilines is 1. The van der Waals surface area contributed by atoms with Crippen molar-refractivity contribution >= 4 is 22.4 Å². The van der Waals surface area contributed by atoms with E-state index in [1.807, 2.05) is 5.38 Å². The average molecular weight is 312 g/mol. The maximum absolute atomic E-state index is 11.0. The second kappa shape index (κ2) is 8.43. The van der Waals surface area contributed by atoms with Crippen molar-refractivity contribution in [3.63, 3.8) is 0 Å². The van der Waals surface area contributed by atoms with Crippen LogP contribution in [-0.4, -0.2) is 55.2 Å². The molecule has 0 aromatic carbocycles. The Labute approximate surface area is 129 Å². The van der Waals surface area contributed by atoms with E-state index in [1.165, 1.54) is 31.1 Å². The zero-order chi connectivity index (χ0) is 15.1. The minimum Gasteiger partial charge on any atom is -0.383 e. The Morgan fingerprint density at radius 2 is 2.52 bits per heavy atom. The van der Waals surface area contributed by atoms with E-state index in [1.54, 1.807) is 7.11 Å². The number of carbonyl (C=O) groups is 1. The quantitative estimate of drug-likeness (QED) is 0.757. The van der Waals surface area contributed by atoms with Gasteiger partial charge in [0.25, 0.3) is 0 Å². The normalized spacial score (nSPS) is 18.3. The van der Waals surface area contributed by atoms with Gasteiger partial charge in [0.2, 0.25) is 5.91 Å². The lowest BCUT2D eigenvalue weighted by Crippen LogP contribution is -2.38. The average Bonchev–Trinajstić information content (AvgIpc) is 3.07. The molecule has 0 spiro atoms. The van der Waals surface area contributed by atoms with Crippen molar-refractivity contribution in [1.82, 2.24) is 15.2 Å². The smallest absolute Gasteiger partial charge is 0.223 e. The molecular weight excluding hydrogens is 288 g/mol. The van der Waals surface area contributed by atoms with Crippen molar-refractivity contribution in [3.8, 4) is 0 Å². The fraction of sp³-hybridized carbons (Fsp3) is 0.714. The standard InChI is InChI=1S/C14H24N4O2S/c1-11(19)16-14-17-13(10-21-14)9-18(6-7-20-2)8-12-4-3-5-15-12/h10,12,15H,3-9H2,1-2H3,(H,16,17,19). The van der Waals surface area contributed by atoms with Crippen LogP contribution < -0.4 is 10.6 Å². The molecule has 2 rings (SSSR count).